The third-order valence-corrected chi connectivity index (χ3v) is 2.83. The van der Waals surface area contributed by atoms with E-state index in [1.807, 2.05) is 0 Å². The van der Waals surface area contributed by atoms with Crippen LogP contribution in [0.5, 0.6) is 0 Å². The van der Waals surface area contributed by atoms with E-state index < -0.39 is 6.09 Å². The maximum Gasteiger partial charge on any atom is 0.407 e. The number of ether oxygens (including phenoxy) is 1. The zero-order valence-corrected chi connectivity index (χ0v) is 9.20. The Kier molecular flexibility index (Phi) is 3.39. The Bertz CT molecular complexity index is 415. The lowest BCUT2D eigenvalue weighted by Crippen LogP contribution is -2.42. The molecule has 1 aromatic carbocycles. The van der Waals surface area contributed by atoms with Crippen LogP contribution in [0, 0.1) is 0 Å². The van der Waals surface area contributed by atoms with Gasteiger partial charge in [-0.25, -0.2) is 4.79 Å². The van der Waals surface area contributed by atoms with Crippen LogP contribution < -0.4 is 0 Å². The molecule has 0 unspecified atom stereocenters. The Labute approximate surface area is 98.6 Å². The van der Waals surface area contributed by atoms with Gasteiger partial charge < -0.3 is 9.84 Å². The van der Waals surface area contributed by atoms with Crippen molar-refractivity contribution in [2.24, 2.45) is 0 Å². The molecule has 0 aromatic heterocycles. The Morgan fingerprint density at radius 1 is 1.41 bits per heavy atom. The first-order chi connectivity index (χ1) is 8.22. The first-order valence-corrected chi connectivity index (χ1v) is 5.35. The van der Waals surface area contributed by atoms with Crippen molar-refractivity contribution in [2.45, 2.75) is 6.04 Å². The van der Waals surface area contributed by atoms with Crippen LogP contribution in [0.1, 0.15) is 22.0 Å². The zero-order valence-electron chi connectivity index (χ0n) is 9.20. The Balaban J connectivity index is 2.23. The van der Waals surface area contributed by atoms with Gasteiger partial charge in [-0.2, -0.15) is 0 Å². The summed E-state index contributed by atoms with van der Waals surface area (Å²) >= 11 is 0. The van der Waals surface area contributed by atoms with Crippen LogP contribution in [-0.2, 0) is 4.74 Å². The van der Waals surface area contributed by atoms with E-state index in [9.17, 15) is 9.59 Å². The van der Waals surface area contributed by atoms with Crippen molar-refractivity contribution in [2.75, 3.05) is 19.8 Å². The van der Waals surface area contributed by atoms with Gasteiger partial charge in [-0.1, -0.05) is 24.3 Å². The molecule has 1 amide bonds. The molecule has 0 saturated carbocycles. The van der Waals surface area contributed by atoms with Gasteiger partial charge >= 0.3 is 6.09 Å². The van der Waals surface area contributed by atoms with Crippen LogP contribution in [-0.4, -0.2) is 42.1 Å². The van der Waals surface area contributed by atoms with E-state index in [2.05, 4.69) is 0 Å². The normalized spacial score (nSPS) is 20.0. The van der Waals surface area contributed by atoms with E-state index in [0.717, 1.165) is 11.8 Å². The van der Waals surface area contributed by atoms with Crippen LogP contribution in [0.4, 0.5) is 4.79 Å². The van der Waals surface area contributed by atoms with E-state index in [-0.39, 0.29) is 6.04 Å². The molecule has 2 rings (SSSR count). The smallest absolute Gasteiger partial charge is 0.407 e. The third kappa shape index (κ3) is 2.45. The molecule has 1 fully saturated rings. The highest BCUT2D eigenvalue weighted by Gasteiger charge is 2.28. The second kappa shape index (κ2) is 4.97. The average Bonchev–Trinajstić information content (AvgIpc) is 2.39. The maximum absolute atomic E-state index is 11.1. The third-order valence-electron chi connectivity index (χ3n) is 2.83. The highest BCUT2D eigenvalue weighted by molar-refractivity contribution is 5.74. The van der Waals surface area contributed by atoms with Crippen molar-refractivity contribution in [3.63, 3.8) is 0 Å². The molecule has 5 nitrogen and oxygen atoms in total. The molecule has 17 heavy (non-hydrogen) atoms. The monoisotopic (exact) mass is 235 g/mol. The van der Waals surface area contributed by atoms with Gasteiger partial charge in [0.2, 0.25) is 0 Å². The number of carboxylic acid groups (broad SMARTS) is 1. The molecule has 0 bridgehead atoms. The van der Waals surface area contributed by atoms with Crippen molar-refractivity contribution in [1.82, 2.24) is 4.90 Å². The summed E-state index contributed by atoms with van der Waals surface area (Å²) in [4.78, 5) is 23.0. The van der Waals surface area contributed by atoms with Crippen molar-refractivity contribution >= 4 is 12.4 Å². The molecule has 0 radical (unpaired) electrons. The molecule has 1 N–H and O–H groups in total. The number of carbonyl (C=O) groups is 2. The lowest BCUT2D eigenvalue weighted by Gasteiger charge is -2.33. The summed E-state index contributed by atoms with van der Waals surface area (Å²) in [6, 6.07) is 6.59. The topological polar surface area (TPSA) is 66.8 Å². The zero-order chi connectivity index (χ0) is 12.3. The molecular formula is C12H13NO4. The summed E-state index contributed by atoms with van der Waals surface area (Å²) in [5.74, 6) is 0. The number of rotatable bonds is 2. The average molecular weight is 235 g/mol. The molecule has 1 aromatic rings. The lowest BCUT2D eigenvalue weighted by atomic mass is 10.0. The number of nitrogens with zero attached hydrogens (tertiary/aromatic N) is 1. The molecule has 1 aliphatic heterocycles. The molecule has 5 heteroatoms. The van der Waals surface area contributed by atoms with Crippen molar-refractivity contribution in [1.29, 1.82) is 0 Å². The summed E-state index contributed by atoms with van der Waals surface area (Å²) in [6.07, 6.45) is -0.186. The minimum Gasteiger partial charge on any atom is -0.465 e. The molecule has 0 aliphatic carbocycles. The predicted octanol–water partition coefficient (Wildman–Crippen LogP) is 1.55. The highest BCUT2D eigenvalue weighted by atomic mass is 16.5. The molecule has 1 aliphatic rings. The number of hydrogen-bond donors (Lipinski definition) is 1. The van der Waals surface area contributed by atoms with Gasteiger partial charge in [0.15, 0.2) is 0 Å². The van der Waals surface area contributed by atoms with E-state index in [0.29, 0.717) is 25.3 Å². The van der Waals surface area contributed by atoms with Crippen molar-refractivity contribution in [3.05, 3.63) is 35.4 Å². The van der Waals surface area contributed by atoms with Gasteiger partial charge in [0, 0.05) is 12.1 Å². The SMILES string of the molecule is O=Cc1ccc([C@@H]2COCCN2C(=O)O)cc1. The Hall–Kier alpha value is -1.88. The first kappa shape index (κ1) is 11.6. The predicted molar refractivity (Wildman–Crippen MR) is 60.1 cm³/mol. The molecule has 90 valence electrons. The van der Waals surface area contributed by atoms with Gasteiger partial charge in [-0.3, -0.25) is 9.69 Å². The van der Waals surface area contributed by atoms with E-state index in [1.54, 1.807) is 24.3 Å². The van der Waals surface area contributed by atoms with E-state index in [4.69, 9.17) is 9.84 Å². The lowest BCUT2D eigenvalue weighted by molar-refractivity contribution is -0.000899. The molecule has 1 saturated heterocycles. The summed E-state index contributed by atoms with van der Waals surface area (Å²) in [7, 11) is 0. The number of benzene rings is 1. The number of aldehydes is 1. The second-order valence-corrected chi connectivity index (χ2v) is 3.85. The molecule has 1 heterocycles. The van der Waals surface area contributed by atoms with Crippen LogP contribution in [0.25, 0.3) is 0 Å². The fraction of sp³-hybridized carbons (Fsp3) is 0.333. The van der Waals surface area contributed by atoms with Crippen LogP contribution in [0.3, 0.4) is 0 Å². The van der Waals surface area contributed by atoms with Gasteiger partial charge in [-0.05, 0) is 5.56 Å². The number of amides is 1. The van der Waals surface area contributed by atoms with Gasteiger partial charge in [-0.15, -0.1) is 0 Å². The summed E-state index contributed by atoms with van der Waals surface area (Å²) < 4.78 is 5.30. The quantitative estimate of drug-likeness (QED) is 0.790. The number of morpholine rings is 1. The van der Waals surface area contributed by atoms with E-state index in [1.165, 1.54) is 4.90 Å². The van der Waals surface area contributed by atoms with Gasteiger partial charge in [0.25, 0.3) is 0 Å². The standard InChI is InChI=1S/C12H13NO4/c14-7-9-1-3-10(4-2-9)11-8-17-6-5-13(11)12(15)16/h1-4,7,11H,5-6,8H2,(H,15,16)/t11-/m0/s1. The molecular weight excluding hydrogens is 222 g/mol. The summed E-state index contributed by atoms with van der Waals surface area (Å²) in [5.41, 5.74) is 1.42. The molecule has 0 spiro atoms. The van der Waals surface area contributed by atoms with Gasteiger partial charge in [0.05, 0.1) is 19.3 Å². The minimum atomic E-state index is -0.947. The second-order valence-electron chi connectivity index (χ2n) is 3.85. The van der Waals surface area contributed by atoms with Crippen LogP contribution in [0.2, 0.25) is 0 Å². The largest absolute Gasteiger partial charge is 0.465 e. The summed E-state index contributed by atoms with van der Waals surface area (Å²) in [6.45, 7) is 1.15. The van der Waals surface area contributed by atoms with E-state index >= 15 is 0 Å². The van der Waals surface area contributed by atoms with Crippen molar-refractivity contribution < 1.29 is 19.4 Å². The number of hydrogen-bond acceptors (Lipinski definition) is 3. The maximum atomic E-state index is 11.1. The summed E-state index contributed by atoms with van der Waals surface area (Å²) in [5, 5.41) is 9.08. The Morgan fingerprint density at radius 3 is 2.71 bits per heavy atom. The van der Waals surface area contributed by atoms with Crippen LogP contribution >= 0.6 is 0 Å². The van der Waals surface area contributed by atoms with Crippen molar-refractivity contribution in [3.8, 4) is 0 Å². The van der Waals surface area contributed by atoms with Gasteiger partial charge in [0.1, 0.15) is 6.29 Å². The Morgan fingerprint density at radius 2 is 2.12 bits per heavy atom. The van der Waals surface area contributed by atoms with Crippen LogP contribution in [0.15, 0.2) is 24.3 Å². The molecule has 1 atom stereocenters. The fourth-order valence-electron chi connectivity index (χ4n) is 1.91. The minimum absolute atomic E-state index is 0.290. The fourth-order valence-corrected chi connectivity index (χ4v) is 1.91. The highest BCUT2D eigenvalue weighted by Crippen LogP contribution is 2.24. The first-order valence-electron chi connectivity index (χ1n) is 5.35. The number of carbonyl (C=O) groups excluding carboxylic acids is 1.